The first kappa shape index (κ1) is 12.9. The average Bonchev–Trinajstić information content (AvgIpc) is 2.86. The molecule has 0 aromatic carbocycles. The summed E-state index contributed by atoms with van der Waals surface area (Å²) < 4.78 is 6.79. The van der Waals surface area contributed by atoms with Gasteiger partial charge in [-0.3, -0.25) is 0 Å². The number of hydrogen-bond acceptors (Lipinski definition) is 3. The molecule has 2 aromatic heterocycles. The van der Waals surface area contributed by atoms with Crippen LogP contribution in [0.1, 0.15) is 42.3 Å². The van der Waals surface area contributed by atoms with Crippen LogP contribution in [0.3, 0.4) is 0 Å². The van der Waals surface area contributed by atoms with Gasteiger partial charge in [-0.25, -0.2) is 0 Å². The minimum atomic E-state index is 0.215. The van der Waals surface area contributed by atoms with Crippen LogP contribution < -0.4 is 5.32 Å². The van der Waals surface area contributed by atoms with Crippen molar-refractivity contribution in [3.8, 4) is 0 Å². The summed E-state index contributed by atoms with van der Waals surface area (Å²) in [6.07, 6.45) is 0. The molecule has 2 rings (SSSR count). The first-order valence-electron chi connectivity index (χ1n) is 5.63. The Morgan fingerprint density at radius 3 is 2.53 bits per heavy atom. The third-order valence-electron chi connectivity index (χ3n) is 2.73. The zero-order valence-corrected chi connectivity index (χ0v) is 12.6. The highest BCUT2D eigenvalue weighted by atomic mass is 79.9. The van der Waals surface area contributed by atoms with Crippen LogP contribution in [0.4, 0.5) is 0 Å². The zero-order valence-electron chi connectivity index (χ0n) is 10.2. The molecule has 2 atom stereocenters. The number of halogens is 1. The molecule has 0 amide bonds. The summed E-state index contributed by atoms with van der Waals surface area (Å²) >= 11 is 5.32. The summed E-state index contributed by atoms with van der Waals surface area (Å²) in [4.78, 5) is 1.32. The fourth-order valence-electron chi connectivity index (χ4n) is 1.83. The number of hydrogen-bond donors (Lipinski definition) is 1. The molecule has 0 aliphatic carbocycles. The van der Waals surface area contributed by atoms with Crippen LogP contribution in [0.2, 0.25) is 0 Å². The largest absolute Gasteiger partial charge is 0.465 e. The molecule has 17 heavy (non-hydrogen) atoms. The van der Waals surface area contributed by atoms with Gasteiger partial charge in [-0.15, -0.1) is 11.3 Å². The van der Waals surface area contributed by atoms with E-state index in [0.717, 1.165) is 11.5 Å². The van der Waals surface area contributed by atoms with Gasteiger partial charge in [-0.05, 0) is 60.3 Å². The van der Waals surface area contributed by atoms with Crippen molar-refractivity contribution >= 4 is 27.3 Å². The molecule has 2 heterocycles. The number of rotatable bonds is 4. The van der Waals surface area contributed by atoms with Crippen LogP contribution in [-0.4, -0.2) is 0 Å². The van der Waals surface area contributed by atoms with E-state index in [1.807, 2.05) is 19.1 Å². The molecule has 0 spiro atoms. The van der Waals surface area contributed by atoms with Crippen molar-refractivity contribution in [3.05, 3.63) is 44.4 Å². The monoisotopic (exact) mass is 313 g/mol. The lowest BCUT2D eigenvalue weighted by molar-refractivity contribution is 0.394. The third kappa shape index (κ3) is 3.00. The topological polar surface area (TPSA) is 25.2 Å². The lowest BCUT2D eigenvalue weighted by atomic mass is 10.2. The van der Waals surface area contributed by atoms with Crippen LogP contribution >= 0.6 is 27.3 Å². The van der Waals surface area contributed by atoms with Gasteiger partial charge in [0.15, 0.2) is 0 Å². The molecular weight excluding hydrogens is 298 g/mol. The van der Waals surface area contributed by atoms with E-state index >= 15 is 0 Å². The van der Waals surface area contributed by atoms with Crippen LogP contribution in [0.5, 0.6) is 0 Å². The van der Waals surface area contributed by atoms with Gasteiger partial charge in [-0.2, -0.15) is 0 Å². The molecule has 1 N–H and O–H groups in total. The predicted octanol–water partition coefficient (Wildman–Crippen LogP) is 4.82. The highest BCUT2D eigenvalue weighted by Crippen LogP contribution is 2.30. The minimum absolute atomic E-state index is 0.215. The van der Waals surface area contributed by atoms with Crippen molar-refractivity contribution in [2.24, 2.45) is 0 Å². The lowest BCUT2D eigenvalue weighted by Gasteiger charge is -2.18. The molecule has 0 saturated heterocycles. The molecule has 2 unspecified atom stereocenters. The minimum Gasteiger partial charge on any atom is -0.465 e. The normalized spacial score (nSPS) is 14.8. The van der Waals surface area contributed by atoms with Crippen molar-refractivity contribution in [1.82, 2.24) is 5.32 Å². The molecular formula is C13H16BrNOS. The second kappa shape index (κ2) is 5.38. The summed E-state index contributed by atoms with van der Waals surface area (Å²) in [7, 11) is 0. The summed E-state index contributed by atoms with van der Waals surface area (Å²) in [6.45, 7) is 6.26. The van der Waals surface area contributed by atoms with Gasteiger partial charge in [0.05, 0.1) is 6.04 Å². The Bertz CT molecular complexity index is 491. The maximum absolute atomic E-state index is 5.62. The smallest absolute Gasteiger partial charge is 0.120 e. The Morgan fingerprint density at radius 2 is 2.00 bits per heavy atom. The van der Waals surface area contributed by atoms with E-state index in [9.17, 15) is 0 Å². The van der Waals surface area contributed by atoms with Crippen molar-refractivity contribution in [2.45, 2.75) is 32.9 Å². The van der Waals surface area contributed by atoms with Crippen molar-refractivity contribution in [3.63, 3.8) is 0 Å². The Balaban J connectivity index is 2.04. The number of nitrogens with one attached hydrogen (secondary N) is 1. The zero-order chi connectivity index (χ0) is 12.4. The van der Waals surface area contributed by atoms with E-state index in [1.165, 1.54) is 9.35 Å². The van der Waals surface area contributed by atoms with Crippen LogP contribution in [0.15, 0.2) is 32.5 Å². The number of thiophene rings is 1. The maximum atomic E-state index is 5.62. The van der Waals surface area contributed by atoms with Gasteiger partial charge >= 0.3 is 0 Å². The highest BCUT2D eigenvalue weighted by molar-refractivity contribution is 9.10. The standard InChI is InChI=1S/C13H16BrNOS/c1-8-4-5-12(16-8)9(2)15-10(3)13-11(14)6-7-17-13/h4-7,9-10,15H,1-3H3. The van der Waals surface area contributed by atoms with Gasteiger partial charge in [0.2, 0.25) is 0 Å². The average molecular weight is 314 g/mol. The van der Waals surface area contributed by atoms with Gasteiger partial charge < -0.3 is 9.73 Å². The molecule has 2 nitrogen and oxygen atoms in total. The van der Waals surface area contributed by atoms with Crippen molar-refractivity contribution in [1.29, 1.82) is 0 Å². The first-order chi connectivity index (χ1) is 8.08. The van der Waals surface area contributed by atoms with E-state index in [4.69, 9.17) is 4.42 Å². The first-order valence-corrected chi connectivity index (χ1v) is 7.30. The van der Waals surface area contributed by atoms with Gasteiger partial charge in [0, 0.05) is 15.4 Å². The van der Waals surface area contributed by atoms with E-state index in [-0.39, 0.29) is 6.04 Å². The molecule has 0 aliphatic rings. The predicted molar refractivity (Wildman–Crippen MR) is 75.4 cm³/mol. The lowest BCUT2D eigenvalue weighted by Crippen LogP contribution is -2.21. The van der Waals surface area contributed by atoms with Crippen LogP contribution in [0.25, 0.3) is 0 Å². The SMILES string of the molecule is Cc1ccc(C(C)NC(C)c2sccc2Br)o1. The molecule has 0 fully saturated rings. The fourth-order valence-corrected chi connectivity index (χ4v) is 3.57. The molecule has 2 aromatic rings. The molecule has 4 heteroatoms. The van der Waals surface area contributed by atoms with Crippen LogP contribution in [0, 0.1) is 6.92 Å². The van der Waals surface area contributed by atoms with Crippen molar-refractivity contribution < 1.29 is 4.42 Å². The van der Waals surface area contributed by atoms with E-state index in [0.29, 0.717) is 6.04 Å². The Kier molecular flexibility index (Phi) is 4.07. The fraction of sp³-hybridized carbons (Fsp3) is 0.385. The Labute approximate surface area is 114 Å². The second-order valence-electron chi connectivity index (χ2n) is 4.19. The van der Waals surface area contributed by atoms with E-state index in [1.54, 1.807) is 11.3 Å². The van der Waals surface area contributed by atoms with E-state index in [2.05, 4.69) is 46.5 Å². The summed E-state index contributed by atoms with van der Waals surface area (Å²) in [5, 5.41) is 5.64. The van der Waals surface area contributed by atoms with Crippen molar-refractivity contribution in [2.75, 3.05) is 0 Å². The summed E-state index contributed by atoms with van der Waals surface area (Å²) in [5.74, 6) is 1.95. The maximum Gasteiger partial charge on any atom is 0.120 e. The van der Waals surface area contributed by atoms with Gasteiger partial charge in [0.25, 0.3) is 0 Å². The molecule has 92 valence electrons. The summed E-state index contributed by atoms with van der Waals surface area (Å²) in [5.41, 5.74) is 0. The number of furan rings is 1. The van der Waals surface area contributed by atoms with E-state index < -0.39 is 0 Å². The Hall–Kier alpha value is -0.580. The molecule has 0 bridgehead atoms. The molecule has 0 radical (unpaired) electrons. The Morgan fingerprint density at radius 1 is 1.24 bits per heavy atom. The van der Waals surface area contributed by atoms with Gasteiger partial charge in [-0.1, -0.05) is 0 Å². The van der Waals surface area contributed by atoms with Crippen LogP contribution in [-0.2, 0) is 0 Å². The van der Waals surface area contributed by atoms with Gasteiger partial charge in [0.1, 0.15) is 11.5 Å². The third-order valence-corrected chi connectivity index (χ3v) is 4.78. The summed E-state index contributed by atoms with van der Waals surface area (Å²) in [6, 6.07) is 6.64. The molecule has 0 saturated carbocycles. The highest BCUT2D eigenvalue weighted by Gasteiger charge is 2.16. The number of aryl methyl sites for hydroxylation is 1. The quantitative estimate of drug-likeness (QED) is 0.875. The molecule has 0 aliphatic heterocycles. The second-order valence-corrected chi connectivity index (χ2v) is 5.99.